The average molecular weight is 378 g/mol. The fourth-order valence-corrected chi connectivity index (χ4v) is 3.60. The minimum absolute atomic E-state index is 0.225. The van der Waals surface area contributed by atoms with Crippen molar-refractivity contribution in [2.24, 2.45) is 0 Å². The lowest BCUT2D eigenvalue weighted by Gasteiger charge is -2.23. The zero-order valence-electron chi connectivity index (χ0n) is 15.1. The molecule has 1 saturated heterocycles. The van der Waals surface area contributed by atoms with Crippen LogP contribution in [0.4, 0.5) is 17.2 Å². The van der Waals surface area contributed by atoms with Crippen molar-refractivity contribution >= 4 is 28.8 Å². The highest BCUT2D eigenvalue weighted by Gasteiger charge is 2.24. The quantitative estimate of drug-likeness (QED) is 0.784. The van der Waals surface area contributed by atoms with E-state index in [2.05, 4.69) is 34.1 Å². The summed E-state index contributed by atoms with van der Waals surface area (Å²) < 4.78 is 13.6. The molecule has 4 rings (SSSR count). The number of nitrogens with one attached hydrogen (secondary N) is 2. The SMILES string of the molecule is Cc1c2c(nn1C1CCOCC1)OCCC(C)Nc1cc(ncc1Cl)N2. The predicted molar refractivity (Wildman–Crippen MR) is 102 cm³/mol. The van der Waals surface area contributed by atoms with Crippen molar-refractivity contribution in [3.8, 4) is 5.88 Å². The summed E-state index contributed by atoms with van der Waals surface area (Å²) in [5, 5.41) is 12.2. The van der Waals surface area contributed by atoms with Crippen LogP contribution in [0.2, 0.25) is 5.02 Å². The van der Waals surface area contributed by atoms with E-state index in [1.165, 1.54) is 0 Å². The van der Waals surface area contributed by atoms with Crippen molar-refractivity contribution in [1.29, 1.82) is 0 Å². The number of nitrogens with zero attached hydrogens (tertiary/aromatic N) is 3. The molecule has 0 saturated carbocycles. The van der Waals surface area contributed by atoms with E-state index in [-0.39, 0.29) is 6.04 Å². The summed E-state index contributed by atoms with van der Waals surface area (Å²) in [7, 11) is 0. The van der Waals surface area contributed by atoms with Crippen LogP contribution in [-0.2, 0) is 4.74 Å². The van der Waals surface area contributed by atoms with Crippen molar-refractivity contribution in [2.75, 3.05) is 30.5 Å². The molecule has 26 heavy (non-hydrogen) atoms. The third-order valence-corrected chi connectivity index (χ3v) is 5.26. The van der Waals surface area contributed by atoms with Crippen molar-refractivity contribution in [1.82, 2.24) is 14.8 Å². The van der Waals surface area contributed by atoms with Gasteiger partial charge in [-0.2, -0.15) is 0 Å². The summed E-state index contributed by atoms with van der Waals surface area (Å²) in [5.41, 5.74) is 2.78. The first-order valence-electron chi connectivity index (χ1n) is 9.10. The molecule has 2 aliphatic rings. The van der Waals surface area contributed by atoms with Gasteiger partial charge in [0.2, 0.25) is 0 Å². The molecule has 2 aromatic heterocycles. The Morgan fingerprint density at radius 3 is 2.85 bits per heavy atom. The van der Waals surface area contributed by atoms with Crippen LogP contribution in [0.25, 0.3) is 0 Å². The van der Waals surface area contributed by atoms with Crippen LogP contribution in [-0.4, -0.2) is 40.6 Å². The lowest BCUT2D eigenvalue weighted by molar-refractivity contribution is 0.0652. The van der Waals surface area contributed by atoms with Gasteiger partial charge in [-0.25, -0.2) is 4.98 Å². The molecule has 7 nitrogen and oxygen atoms in total. The lowest BCUT2D eigenvalue weighted by atomic mass is 10.1. The molecule has 0 aliphatic carbocycles. The summed E-state index contributed by atoms with van der Waals surface area (Å²) in [6, 6.07) is 2.49. The van der Waals surface area contributed by atoms with Gasteiger partial charge in [-0.1, -0.05) is 11.6 Å². The Bertz CT molecular complexity index is 788. The Morgan fingerprint density at radius 1 is 1.23 bits per heavy atom. The minimum atomic E-state index is 0.225. The van der Waals surface area contributed by atoms with Crippen LogP contribution in [0.1, 0.15) is 37.9 Å². The van der Waals surface area contributed by atoms with Gasteiger partial charge in [0.1, 0.15) is 11.5 Å². The maximum Gasteiger partial charge on any atom is 0.257 e. The molecule has 0 radical (unpaired) electrons. The smallest absolute Gasteiger partial charge is 0.257 e. The highest BCUT2D eigenvalue weighted by Crippen LogP contribution is 2.36. The van der Waals surface area contributed by atoms with Gasteiger partial charge < -0.3 is 20.1 Å². The summed E-state index contributed by atoms with van der Waals surface area (Å²) in [6.45, 7) is 6.30. The number of fused-ring (bicyclic) bond motifs is 3. The summed E-state index contributed by atoms with van der Waals surface area (Å²) in [5.74, 6) is 1.34. The van der Waals surface area contributed by atoms with Gasteiger partial charge in [0, 0.05) is 31.7 Å². The third kappa shape index (κ3) is 3.46. The Hall–Kier alpha value is -1.99. The first kappa shape index (κ1) is 17.4. The zero-order chi connectivity index (χ0) is 18.1. The van der Waals surface area contributed by atoms with Crippen LogP contribution in [0.3, 0.4) is 0 Å². The summed E-state index contributed by atoms with van der Waals surface area (Å²) in [4.78, 5) is 4.40. The molecule has 8 heteroatoms. The van der Waals surface area contributed by atoms with Crippen molar-refractivity contribution in [3.05, 3.63) is 23.0 Å². The number of aromatic nitrogens is 3. The molecule has 0 spiro atoms. The number of pyridine rings is 1. The first-order valence-corrected chi connectivity index (χ1v) is 9.48. The lowest BCUT2D eigenvalue weighted by Crippen LogP contribution is -2.21. The van der Waals surface area contributed by atoms with Gasteiger partial charge in [-0.05, 0) is 26.7 Å². The molecule has 0 aromatic carbocycles. The Kier molecular flexibility index (Phi) is 4.91. The first-order chi connectivity index (χ1) is 12.6. The number of hydrogen-bond acceptors (Lipinski definition) is 6. The second-order valence-corrected chi connectivity index (χ2v) is 7.32. The van der Waals surface area contributed by atoms with E-state index < -0.39 is 0 Å². The van der Waals surface area contributed by atoms with E-state index in [1.807, 2.05) is 6.07 Å². The molecule has 1 unspecified atom stereocenters. The van der Waals surface area contributed by atoms with Gasteiger partial charge in [-0.3, -0.25) is 4.68 Å². The fourth-order valence-electron chi connectivity index (χ4n) is 3.44. The molecule has 1 fully saturated rings. The fraction of sp³-hybridized carbons (Fsp3) is 0.556. The van der Waals surface area contributed by atoms with E-state index in [9.17, 15) is 0 Å². The van der Waals surface area contributed by atoms with Crippen molar-refractivity contribution < 1.29 is 9.47 Å². The number of anilines is 3. The van der Waals surface area contributed by atoms with Crippen molar-refractivity contribution in [2.45, 2.75) is 45.2 Å². The number of hydrogen-bond donors (Lipinski definition) is 2. The Balaban J connectivity index is 1.72. The van der Waals surface area contributed by atoms with Gasteiger partial charge in [0.25, 0.3) is 5.88 Å². The van der Waals surface area contributed by atoms with Gasteiger partial charge >= 0.3 is 0 Å². The van der Waals surface area contributed by atoms with Crippen LogP contribution < -0.4 is 15.4 Å². The van der Waals surface area contributed by atoms with E-state index in [1.54, 1.807) is 6.20 Å². The zero-order valence-corrected chi connectivity index (χ0v) is 15.8. The predicted octanol–water partition coefficient (Wildman–Crippen LogP) is 3.92. The molecule has 2 bridgehead atoms. The van der Waals surface area contributed by atoms with Crippen LogP contribution in [0, 0.1) is 6.92 Å². The van der Waals surface area contributed by atoms with Crippen LogP contribution in [0.5, 0.6) is 5.88 Å². The maximum atomic E-state index is 6.28. The average Bonchev–Trinajstić information content (AvgIpc) is 2.93. The van der Waals surface area contributed by atoms with Crippen LogP contribution >= 0.6 is 11.6 Å². The second kappa shape index (κ2) is 7.32. The maximum absolute atomic E-state index is 6.28. The monoisotopic (exact) mass is 377 g/mol. The number of ether oxygens (including phenoxy) is 2. The molecule has 140 valence electrons. The highest BCUT2D eigenvalue weighted by molar-refractivity contribution is 6.33. The van der Waals surface area contributed by atoms with Crippen molar-refractivity contribution in [3.63, 3.8) is 0 Å². The van der Waals surface area contributed by atoms with E-state index in [0.29, 0.717) is 29.4 Å². The molecule has 4 heterocycles. The molecule has 2 aliphatic heterocycles. The minimum Gasteiger partial charge on any atom is -0.475 e. The van der Waals surface area contributed by atoms with E-state index >= 15 is 0 Å². The molecule has 0 amide bonds. The highest BCUT2D eigenvalue weighted by atomic mass is 35.5. The van der Waals surface area contributed by atoms with E-state index in [4.69, 9.17) is 26.2 Å². The standard InChI is InChI=1S/C18H24ClN5O2/c1-11-3-8-26-18-17(22-16-9-15(21-11)14(19)10-20-16)12(2)24(23-18)13-4-6-25-7-5-13/h9-11,13,21H,3-8H2,1-2H3,(H,20,22). The van der Waals surface area contributed by atoms with Gasteiger partial charge in [0.15, 0.2) is 0 Å². The third-order valence-electron chi connectivity index (χ3n) is 4.95. The molecule has 1 atom stereocenters. The molecular formula is C18H24ClN5O2. The number of halogens is 1. The Labute approximate surface area is 158 Å². The molecule has 2 N–H and O–H groups in total. The van der Waals surface area contributed by atoms with Gasteiger partial charge in [0.05, 0.1) is 35.2 Å². The summed E-state index contributed by atoms with van der Waals surface area (Å²) in [6.07, 6.45) is 4.43. The van der Waals surface area contributed by atoms with E-state index in [0.717, 1.165) is 49.5 Å². The summed E-state index contributed by atoms with van der Waals surface area (Å²) >= 11 is 6.28. The largest absolute Gasteiger partial charge is 0.475 e. The normalized spacial score (nSPS) is 21.0. The second-order valence-electron chi connectivity index (χ2n) is 6.91. The van der Waals surface area contributed by atoms with Gasteiger partial charge in [-0.15, -0.1) is 5.10 Å². The molecule has 2 aromatic rings. The Morgan fingerprint density at radius 2 is 2.04 bits per heavy atom. The topological polar surface area (TPSA) is 73.2 Å². The van der Waals surface area contributed by atoms with Crippen LogP contribution in [0.15, 0.2) is 12.3 Å². The number of rotatable bonds is 1. The molecular weight excluding hydrogens is 354 g/mol.